The summed E-state index contributed by atoms with van der Waals surface area (Å²) in [7, 11) is 1.64. The van der Waals surface area contributed by atoms with Gasteiger partial charge in [-0.25, -0.2) is 4.79 Å². The SMILES string of the molecule is CN=CCOC1COC(=O)O1. The van der Waals surface area contributed by atoms with E-state index in [0.717, 1.165) is 0 Å². The zero-order chi connectivity index (χ0) is 8.10. The Labute approximate surface area is 64.0 Å². The lowest BCUT2D eigenvalue weighted by Gasteiger charge is -2.03. The van der Waals surface area contributed by atoms with Crippen LogP contribution in [0.3, 0.4) is 0 Å². The number of rotatable bonds is 3. The number of hydrogen-bond acceptors (Lipinski definition) is 5. The summed E-state index contributed by atoms with van der Waals surface area (Å²) in [6, 6.07) is 0. The lowest BCUT2D eigenvalue weighted by Crippen LogP contribution is -2.15. The maximum absolute atomic E-state index is 10.3. The van der Waals surface area contributed by atoms with Crippen LogP contribution in [0.15, 0.2) is 4.99 Å². The van der Waals surface area contributed by atoms with Crippen LogP contribution in [-0.2, 0) is 14.2 Å². The summed E-state index contributed by atoms with van der Waals surface area (Å²) in [4.78, 5) is 14.0. The van der Waals surface area contributed by atoms with Crippen LogP contribution in [0.2, 0.25) is 0 Å². The van der Waals surface area contributed by atoms with Crippen molar-refractivity contribution < 1.29 is 19.0 Å². The van der Waals surface area contributed by atoms with E-state index in [2.05, 4.69) is 14.5 Å². The largest absolute Gasteiger partial charge is 0.510 e. The Morgan fingerprint density at radius 2 is 2.73 bits per heavy atom. The summed E-state index contributed by atoms with van der Waals surface area (Å²) in [6.07, 6.45) is 0.329. The highest BCUT2D eigenvalue weighted by Crippen LogP contribution is 2.06. The Hall–Kier alpha value is -1.10. The van der Waals surface area contributed by atoms with E-state index in [-0.39, 0.29) is 6.61 Å². The molecule has 62 valence electrons. The Kier molecular flexibility index (Phi) is 2.85. The Morgan fingerprint density at radius 3 is 3.27 bits per heavy atom. The van der Waals surface area contributed by atoms with E-state index < -0.39 is 12.4 Å². The molecular formula is C6H9NO4. The predicted octanol–water partition coefficient (Wildman–Crippen LogP) is 0.197. The molecule has 1 atom stereocenters. The summed E-state index contributed by atoms with van der Waals surface area (Å²) in [5.41, 5.74) is 0. The first-order valence-electron chi connectivity index (χ1n) is 3.18. The summed E-state index contributed by atoms with van der Waals surface area (Å²) >= 11 is 0. The van der Waals surface area contributed by atoms with Crippen LogP contribution in [0.5, 0.6) is 0 Å². The zero-order valence-electron chi connectivity index (χ0n) is 6.15. The quantitative estimate of drug-likeness (QED) is 0.436. The van der Waals surface area contributed by atoms with Crippen molar-refractivity contribution in [2.45, 2.75) is 6.29 Å². The van der Waals surface area contributed by atoms with Gasteiger partial charge in [0.2, 0.25) is 6.29 Å². The first-order chi connectivity index (χ1) is 5.33. The topological polar surface area (TPSA) is 57.1 Å². The second-order valence-electron chi connectivity index (χ2n) is 1.88. The van der Waals surface area contributed by atoms with Crippen molar-refractivity contribution in [3.63, 3.8) is 0 Å². The highest BCUT2D eigenvalue weighted by atomic mass is 16.8. The van der Waals surface area contributed by atoms with Gasteiger partial charge in [-0.2, -0.15) is 0 Å². The molecule has 1 rings (SSSR count). The van der Waals surface area contributed by atoms with Gasteiger partial charge in [0.05, 0.1) is 6.61 Å². The molecule has 0 bridgehead atoms. The van der Waals surface area contributed by atoms with Gasteiger partial charge >= 0.3 is 6.16 Å². The average molecular weight is 159 g/mol. The molecule has 1 aliphatic heterocycles. The molecule has 0 aromatic carbocycles. The van der Waals surface area contributed by atoms with Gasteiger partial charge < -0.3 is 14.2 Å². The van der Waals surface area contributed by atoms with Crippen LogP contribution in [0, 0.1) is 0 Å². The minimum absolute atomic E-state index is 0.163. The highest BCUT2D eigenvalue weighted by Gasteiger charge is 2.24. The van der Waals surface area contributed by atoms with Crippen molar-refractivity contribution in [1.29, 1.82) is 0 Å². The van der Waals surface area contributed by atoms with Crippen LogP contribution >= 0.6 is 0 Å². The van der Waals surface area contributed by atoms with Gasteiger partial charge in [0.25, 0.3) is 0 Å². The third-order valence-corrected chi connectivity index (χ3v) is 1.10. The monoisotopic (exact) mass is 159 g/mol. The molecule has 1 unspecified atom stereocenters. The number of aliphatic imine (C=N–C) groups is 1. The normalized spacial score (nSPS) is 23.7. The van der Waals surface area contributed by atoms with Crippen molar-refractivity contribution >= 4 is 12.4 Å². The highest BCUT2D eigenvalue weighted by molar-refractivity contribution is 5.61. The summed E-state index contributed by atoms with van der Waals surface area (Å²) in [5.74, 6) is 0. The molecule has 1 fully saturated rings. The molecule has 0 aromatic rings. The predicted molar refractivity (Wildman–Crippen MR) is 36.6 cm³/mol. The van der Waals surface area contributed by atoms with Crippen molar-refractivity contribution in [2.24, 2.45) is 4.99 Å². The number of carbonyl (C=O) groups is 1. The van der Waals surface area contributed by atoms with E-state index in [4.69, 9.17) is 4.74 Å². The van der Waals surface area contributed by atoms with Crippen molar-refractivity contribution in [3.8, 4) is 0 Å². The third kappa shape index (κ3) is 2.55. The molecule has 0 aromatic heterocycles. The molecule has 0 amide bonds. The Bertz CT molecular complexity index is 168. The molecule has 11 heavy (non-hydrogen) atoms. The van der Waals surface area contributed by atoms with E-state index in [0.29, 0.717) is 6.61 Å². The molecule has 5 heteroatoms. The van der Waals surface area contributed by atoms with Gasteiger partial charge in [-0.05, 0) is 0 Å². The number of cyclic esters (lactones) is 2. The molecule has 0 radical (unpaired) electrons. The van der Waals surface area contributed by atoms with E-state index in [1.54, 1.807) is 13.3 Å². The van der Waals surface area contributed by atoms with Crippen molar-refractivity contribution in [2.75, 3.05) is 20.3 Å². The molecule has 0 spiro atoms. The van der Waals surface area contributed by atoms with E-state index >= 15 is 0 Å². The fourth-order valence-electron chi connectivity index (χ4n) is 0.618. The molecule has 0 saturated carbocycles. The minimum atomic E-state index is -0.677. The number of nitrogens with zero attached hydrogens (tertiary/aromatic N) is 1. The van der Waals surface area contributed by atoms with E-state index in [1.807, 2.05) is 0 Å². The number of ether oxygens (including phenoxy) is 3. The number of carbonyl (C=O) groups excluding carboxylic acids is 1. The molecule has 0 N–H and O–H groups in total. The number of hydrogen-bond donors (Lipinski definition) is 0. The van der Waals surface area contributed by atoms with Gasteiger partial charge in [-0.15, -0.1) is 0 Å². The lowest BCUT2D eigenvalue weighted by atomic mass is 10.7. The van der Waals surface area contributed by atoms with Crippen LogP contribution in [-0.4, -0.2) is 38.9 Å². The molecule has 0 aliphatic carbocycles. The van der Waals surface area contributed by atoms with Gasteiger partial charge in [-0.1, -0.05) is 0 Å². The smallest absolute Gasteiger partial charge is 0.428 e. The van der Waals surface area contributed by atoms with Crippen LogP contribution < -0.4 is 0 Å². The van der Waals surface area contributed by atoms with Crippen molar-refractivity contribution in [3.05, 3.63) is 0 Å². The van der Waals surface area contributed by atoms with Gasteiger partial charge in [0.15, 0.2) is 6.61 Å². The summed E-state index contributed by atoms with van der Waals surface area (Å²) in [5, 5.41) is 0. The first kappa shape index (κ1) is 8.00. The summed E-state index contributed by atoms with van der Waals surface area (Å²) < 4.78 is 14.0. The van der Waals surface area contributed by atoms with Gasteiger partial charge in [-0.3, -0.25) is 4.99 Å². The second kappa shape index (κ2) is 3.92. The lowest BCUT2D eigenvalue weighted by molar-refractivity contribution is -0.0611. The van der Waals surface area contributed by atoms with Gasteiger partial charge in [0, 0.05) is 13.3 Å². The van der Waals surface area contributed by atoms with Crippen molar-refractivity contribution in [1.82, 2.24) is 0 Å². The first-order valence-corrected chi connectivity index (χ1v) is 3.18. The fraction of sp³-hybridized carbons (Fsp3) is 0.667. The molecule has 1 saturated heterocycles. The maximum atomic E-state index is 10.3. The van der Waals surface area contributed by atoms with E-state index in [1.165, 1.54) is 0 Å². The van der Waals surface area contributed by atoms with Crippen LogP contribution in [0.1, 0.15) is 0 Å². The third-order valence-electron chi connectivity index (χ3n) is 1.10. The van der Waals surface area contributed by atoms with Crippen LogP contribution in [0.25, 0.3) is 0 Å². The summed E-state index contributed by atoms with van der Waals surface area (Å²) in [6.45, 7) is 0.494. The maximum Gasteiger partial charge on any atom is 0.510 e. The molecular weight excluding hydrogens is 150 g/mol. The Morgan fingerprint density at radius 1 is 1.91 bits per heavy atom. The minimum Gasteiger partial charge on any atom is -0.428 e. The molecule has 5 nitrogen and oxygen atoms in total. The average Bonchev–Trinajstić information content (AvgIpc) is 2.37. The second-order valence-corrected chi connectivity index (χ2v) is 1.88. The Balaban J connectivity index is 2.13. The van der Waals surface area contributed by atoms with E-state index in [9.17, 15) is 4.79 Å². The fourth-order valence-corrected chi connectivity index (χ4v) is 0.618. The van der Waals surface area contributed by atoms with Crippen LogP contribution in [0.4, 0.5) is 4.79 Å². The molecule has 1 aliphatic rings. The zero-order valence-corrected chi connectivity index (χ0v) is 6.15. The standard InChI is InChI=1S/C6H9NO4/c1-7-2-3-9-5-4-10-6(8)11-5/h2,5H,3-4H2,1H3. The van der Waals surface area contributed by atoms with Gasteiger partial charge in [0.1, 0.15) is 0 Å². The molecule has 1 heterocycles.